The van der Waals surface area contributed by atoms with Crippen LogP contribution in [0.25, 0.3) is 27.9 Å². The number of fused-ring (bicyclic) bond motifs is 2. The Morgan fingerprint density at radius 1 is 1.11 bits per heavy atom. The molecule has 3 aromatic heterocycles. The molecule has 2 aromatic carbocycles. The van der Waals surface area contributed by atoms with E-state index >= 15 is 0 Å². The van der Waals surface area contributed by atoms with Crippen LogP contribution in [0.4, 0.5) is 0 Å². The second kappa shape index (κ2) is 9.12. The van der Waals surface area contributed by atoms with Gasteiger partial charge in [-0.15, -0.1) is 0 Å². The number of hydrogen-bond acceptors (Lipinski definition) is 3. The Morgan fingerprint density at radius 3 is 2.72 bits per heavy atom. The van der Waals surface area contributed by atoms with Crippen molar-refractivity contribution in [1.29, 1.82) is 0 Å². The molecule has 1 aliphatic heterocycles. The molecule has 0 bridgehead atoms. The number of pyridine rings is 1. The normalized spacial score (nSPS) is 16.2. The van der Waals surface area contributed by atoms with Gasteiger partial charge in [-0.2, -0.15) is 0 Å². The van der Waals surface area contributed by atoms with E-state index in [0.29, 0.717) is 18.7 Å². The van der Waals surface area contributed by atoms with Crippen LogP contribution in [-0.2, 0) is 6.54 Å². The predicted molar refractivity (Wildman–Crippen MR) is 145 cm³/mol. The lowest BCUT2D eigenvalue weighted by Gasteiger charge is -2.30. The van der Waals surface area contributed by atoms with Crippen LogP contribution in [0.5, 0.6) is 0 Å². The van der Waals surface area contributed by atoms with E-state index in [2.05, 4.69) is 58.4 Å². The molecule has 1 aliphatic rings. The first kappa shape index (κ1) is 22.8. The maximum absolute atomic E-state index is 13.2. The van der Waals surface area contributed by atoms with Gasteiger partial charge < -0.3 is 19.6 Å². The number of carbonyl (C=O) groups is 1. The third kappa shape index (κ3) is 4.06. The van der Waals surface area contributed by atoms with Gasteiger partial charge in [-0.1, -0.05) is 41.9 Å². The summed E-state index contributed by atoms with van der Waals surface area (Å²) in [5, 5.41) is 1.89. The summed E-state index contributed by atoms with van der Waals surface area (Å²) >= 11 is 6.12. The van der Waals surface area contributed by atoms with Crippen LogP contribution in [0.1, 0.15) is 34.5 Å². The van der Waals surface area contributed by atoms with E-state index in [4.69, 9.17) is 22.3 Å². The zero-order valence-corrected chi connectivity index (χ0v) is 20.9. The molecule has 1 amide bonds. The Balaban J connectivity index is 1.42. The largest absolute Gasteiger partial charge is 0.337 e. The minimum absolute atomic E-state index is 0.0201. The molecular formula is C29H28ClN5O. The lowest BCUT2D eigenvalue weighted by Crippen LogP contribution is -2.45. The van der Waals surface area contributed by atoms with E-state index in [1.54, 1.807) is 0 Å². The lowest BCUT2D eigenvalue weighted by atomic mass is 10.1. The van der Waals surface area contributed by atoms with Gasteiger partial charge in [0.25, 0.3) is 5.91 Å². The molecular weight excluding hydrogens is 470 g/mol. The number of nitrogens with zero attached hydrogens (tertiary/aromatic N) is 4. The van der Waals surface area contributed by atoms with Gasteiger partial charge in [-0.05, 0) is 61.7 Å². The van der Waals surface area contributed by atoms with Crippen LogP contribution in [0, 0.1) is 6.92 Å². The minimum Gasteiger partial charge on any atom is -0.337 e. The van der Waals surface area contributed by atoms with Gasteiger partial charge in [0.15, 0.2) is 0 Å². The molecule has 1 unspecified atom stereocenters. The number of para-hydroxylation sites is 1. The molecule has 1 saturated heterocycles. The number of aromatic nitrogens is 3. The molecule has 7 heteroatoms. The van der Waals surface area contributed by atoms with Crippen LogP contribution in [-0.4, -0.2) is 43.9 Å². The van der Waals surface area contributed by atoms with Crippen LogP contribution >= 0.6 is 11.6 Å². The molecule has 182 valence electrons. The zero-order valence-electron chi connectivity index (χ0n) is 20.2. The van der Waals surface area contributed by atoms with Gasteiger partial charge in [-0.3, -0.25) is 4.79 Å². The number of hydrogen-bond donors (Lipinski definition) is 1. The average Bonchev–Trinajstić information content (AvgIpc) is 3.42. The molecule has 36 heavy (non-hydrogen) atoms. The monoisotopic (exact) mass is 497 g/mol. The quantitative estimate of drug-likeness (QED) is 0.355. The third-order valence-corrected chi connectivity index (χ3v) is 7.42. The van der Waals surface area contributed by atoms with E-state index < -0.39 is 0 Å². The summed E-state index contributed by atoms with van der Waals surface area (Å²) in [6, 6.07) is 22.4. The van der Waals surface area contributed by atoms with Crippen LogP contribution in [0.15, 0.2) is 72.9 Å². The summed E-state index contributed by atoms with van der Waals surface area (Å²) in [5.74, 6) is 0.0201. The standard InChI is InChI=1S/C29H28ClN5O/c1-19-28(32-27-16-22(12-14-34(19)27)29(36)33-13-4-6-24(31)18-33)26-15-21-5-2-3-7-25(21)35(26)17-20-8-10-23(30)11-9-20/h2-3,5,7-12,14-16,24H,4,6,13,17-18,31H2,1H3. The molecule has 6 nitrogen and oxygen atoms in total. The molecule has 5 aromatic rings. The summed E-state index contributed by atoms with van der Waals surface area (Å²) in [4.78, 5) is 20.1. The van der Waals surface area contributed by atoms with Gasteiger partial charge >= 0.3 is 0 Å². The van der Waals surface area contributed by atoms with Crippen molar-refractivity contribution >= 4 is 34.1 Å². The Bertz CT molecular complexity index is 1580. The second-order valence-electron chi connectivity index (χ2n) is 9.64. The first-order valence-corrected chi connectivity index (χ1v) is 12.7. The van der Waals surface area contributed by atoms with E-state index in [0.717, 1.165) is 63.6 Å². The van der Waals surface area contributed by atoms with E-state index in [1.807, 2.05) is 35.4 Å². The van der Waals surface area contributed by atoms with Crippen molar-refractivity contribution in [3.05, 3.63) is 94.8 Å². The van der Waals surface area contributed by atoms with E-state index in [9.17, 15) is 4.79 Å². The van der Waals surface area contributed by atoms with Gasteiger partial charge in [0.1, 0.15) is 11.3 Å². The number of halogens is 1. The van der Waals surface area contributed by atoms with Gasteiger partial charge in [0.05, 0.1) is 5.69 Å². The smallest absolute Gasteiger partial charge is 0.254 e. The average molecular weight is 498 g/mol. The van der Waals surface area contributed by atoms with Crippen molar-refractivity contribution in [2.24, 2.45) is 5.73 Å². The van der Waals surface area contributed by atoms with Crippen LogP contribution in [0.2, 0.25) is 5.02 Å². The molecule has 1 fully saturated rings. The highest BCUT2D eigenvalue weighted by Crippen LogP contribution is 2.32. The number of amides is 1. The Kier molecular flexibility index (Phi) is 5.78. The van der Waals surface area contributed by atoms with Crippen molar-refractivity contribution < 1.29 is 4.79 Å². The molecule has 6 rings (SSSR count). The molecule has 2 N–H and O–H groups in total. The third-order valence-electron chi connectivity index (χ3n) is 7.16. The molecule has 0 saturated carbocycles. The van der Waals surface area contributed by atoms with E-state index in [-0.39, 0.29) is 11.9 Å². The number of aryl methyl sites for hydroxylation is 1. The number of likely N-dealkylation sites (tertiary alicyclic amines) is 1. The second-order valence-corrected chi connectivity index (χ2v) is 10.1. The number of benzene rings is 2. The van der Waals surface area contributed by atoms with E-state index in [1.165, 1.54) is 0 Å². The molecule has 0 aliphatic carbocycles. The Labute approximate surface area is 214 Å². The number of piperidine rings is 1. The van der Waals surface area contributed by atoms with Crippen molar-refractivity contribution in [1.82, 2.24) is 18.9 Å². The fraction of sp³-hybridized carbons (Fsp3) is 0.241. The van der Waals surface area contributed by atoms with Gasteiger partial charge in [0.2, 0.25) is 0 Å². The van der Waals surface area contributed by atoms with Crippen LogP contribution in [0.3, 0.4) is 0 Å². The molecule has 0 radical (unpaired) electrons. The summed E-state index contributed by atoms with van der Waals surface area (Å²) in [5.41, 5.74) is 12.8. The predicted octanol–water partition coefficient (Wildman–Crippen LogP) is 5.53. The SMILES string of the molecule is Cc1c(-c2cc3ccccc3n2Cc2ccc(Cl)cc2)nc2cc(C(=O)N3CCCC(N)C3)ccn12. The number of imidazole rings is 1. The van der Waals surface area contributed by atoms with Crippen molar-refractivity contribution in [3.8, 4) is 11.4 Å². The minimum atomic E-state index is 0.0201. The van der Waals surface area contributed by atoms with Crippen molar-refractivity contribution in [3.63, 3.8) is 0 Å². The van der Waals surface area contributed by atoms with Crippen molar-refractivity contribution in [2.45, 2.75) is 32.4 Å². The molecule has 0 spiro atoms. The molecule has 1 atom stereocenters. The Hall–Kier alpha value is -3.61. The fourth-order valence-electron chi connectivity index (χ4n) is 5.27. The summed E-state index contributed by atoms with van der Waals surface area (Å²) in [6.45, 7) is 4.13. The molecule has 4 heterocycles. The zero-order chi connectivity index (χ0) is 24.8. The summed E-state index contributed by atoms with van der Waals surface area (Å²) in [6.07, 6.45) is 3.86. The Morgan fingerprint density at radius 2 is 1.92 bits per heavy atom. The highest BCUT2D eigenvalue weighted by Gasteiger charge is 2.23. The number of nitrogens with two attached hydrogens (primary N) is 1. The maximum Gasteiger partial charge on any atom is 0.254 e. The topological polar surface area (TPSA) is 68.6 Å². The number of rotatable bonds is 4. The van der Waals surface area contributed by atoms with Crippen LogP contribution < -0.4 is 5.73 Å². The number of carbonyl (C=O) groups excluding carboxylic acids is 1. The fourth-order valence-corrected chi connectivity index (χ4v) is 5.40. The first-order valence-electron chi connectivity index (χ1n) is 12.3. The lowest BCUT2D eigenvalue weighted by molar-refractivity contribution is 0.0709. The maximum atomic E-state index is 13.2. The highest BCUT2D eigenvalue weighted by atomic mass is 35.5. The van der Waals surface area contributed by atoms with Gasteiger partial charge in [-0.25, -0.2) is 4.98 Å². The first-order chi connectivity index (χ1) is 17.5. The highest BCUT2D eigenvalue weighted by molar-refractivity contribution is 6.30. The summed E-state index contributed by atoms with van der Waals surface area (Å²) < 4.78 is 4.35. The van der Waals surface area contributed by atoms with Crippen molar-refractivity contribution in [2.75, 3.05) is 13.1 Å². The summed E-state index contributed by atoms with van der Waals surface area (Å²) in [7, 11) is 0. The van der Waals surface area contributed by atoms with Gasteiger partial charge in [0, 0.05) is 59.1 Å².